The molecule has 0 amide bonds. The van der Waals surface area contributed by atoms with Crippen molar-refractivity contribution in [1.29, 1.82) is 0 Å². The lowest BCUT2D eigenvalue weighted by Crippen LogP contribution is -2.14. The summed E-state index contributed by atoms with van der Waals surface area (Å²) in [7, 11) is -2.73. The highest BCUT2D eigenvalue weighted by Crippen LogP contribution is 2.28. The van der Waals surface area contributed by atoms with E-state index < -0.39 is 21.7 Å². The zero-order valence-electron chi connectivity index (χ0n) is 10.7. The minimum absolute atomic E-state index is 0.0242. The maximum Gasteiger partial charge on any atom is 0.262 e. The van der Waals surface area contributed by atoms with Gasteiger partial charge in [-0.25, -0.2) is 17.2 Å². The number of hydrogen-bond donors (Lipinski definition) is 1. The van der Waals surface area contributed by atoms with E-state index >= 15 is 0 Å². The van der Waals surface area contributed by atoms with Crippen LogP contribution in [0.15, 0.2) is 45.8 Å². The van der Waals surface area contributed by atoms with Crippen molar-refractivity contribution < 1.29 is 21.9 Å². The molecule has 1 N–H and O–H groups in total. The van der Waals surface area contributed by atoms with Crippen molar-refractivity contribution >= 4 is 31.6 Å². The highest BCUT2D eigenvalue weighted by atomic mass is 79.9. The maximum atomic E-state index is 13.4. The first-order valence-corrected chi connectivity index (χ1v) is 7.92. The van der Waals surface area contributed by atoms with Crippen molar-refractivity contribution in [2.45, 2.75) is 4.90 Å². The third kappa shape index (κ3) is 3.51. The topological polar surface area (TPSA) is 55.4 Å². The second-order valence-electron chi connectivity index (χ2n) is 4.03. The molecule has 0 radical (unpaired) electrons. The smallest absolute Gasteiger partial charge is 0.262 e. The highest BCUT2D eigenvalue weighted by molar-refractivity contribution is 9.10. The number of rotatable bonds is 4. The van der Waals surface area contributed by atoms with Gasteiger partial charge in [-0.05, 0) is 46.3 Å². The molecule has 0 fully saturated rings. The summed E-state index contributed by atoms with van der Waals surface area (Å²) in [5, 5.41) is 0. The monoisotopic (exact) mass is 377 g/mol. The molecular formula is C13H10BrF2NO3S. The van der Waals surface area contributed by atoms with Gasteiger partial charge >= 0.3 is 0 Å². The summed E-state index contributed by atoms with van der Waals surface area (Å²) in [5.41, 5.74) is 0.0576. The van der Waals surface area contributed by atoms with Crippen LogP contribution in [0.5, 0.6) is 5.75 Å². The first-order valence-electron chi connectivity index (χ1n) is 5.65. The molecule has 0 saturated carbocycles. The lowest BCUT2D eigenvalue weighted by atomic mass is 10.3. The van der Waals surface area contributed by atoms with E-state index in [0.717, 1.165) is 18.2 Å². The van der Waals surface area contributed by atoms with Crippen molar-refractivity contribution in [1.82, 2.24) is 0 Å². The fourth-order valence-electron chi connectivity index (χ4n) is 1.60. The van der Waals surface area contributed by atoms with E-state index in [4.69, 9.17) is 4.74 Å². The molecule has 0 aliphatic rings. The van der Waals surface area contributed by atoms with Crippen LogP contribution >= 0.6 is 15.9 Å². The summed E-state index contributed by atoms with van der Waals surface area (Å²) in [6, 6.07) is 6.75. The lowest BCUT2D eigenvalue weighted by molar-refractivity contribution is 0.413. The first-order chi connectivity index (χ1) is 9.83. The molecule has 0 atom stereocenters. The highest BCUT2D eigenvalue weighted by Gasteiger charge is 2.18. The molecule has 112 valence electrons. The number of sulfonamides is 1. The van der Waals surface area contributed by atoms with Crippen molar-refractivity contribution in [3.8, 4) is 5.75 Å². The zero-order valence-corrected chi connectivity index (χ0v) is 13.1. The van der Waals surface area contributed by atoms with Gasteiger partial charge in [0.25, 0.3) is 10.0 Å². The third-order valence-electron chi connectivity index (χ3n) is 2.61. The van der Waals surface area contributed by atoms with E-state index in [-0.39, 0.29) is 20.8 Å². The van der Waals surface area contributed by atoms with Crippen molar-refractivity contribution in [2.75, 3.05) is 11.8 Å². The van der Waals surface area contributed by atoms with E-state index in [1.807, 2.05) is 0 Å². The summed E-state index contributed by atoms with van der Waals surface area (Å²) < 4.78 is 58.1. The van der Waals surface area contributed by atoms with Gasteiger partial charge in [0.15, 0.2) is 0 Å². The van der Waals surface area contributed by atoms with Crippen LogP contribution in [0, 0.1) is 11.6 Å². The number of benzene rings is 2. The van der Waals surface area contributed by atoms with Gasteiger partial charge in [-0.2, -0.15) is 0 Å². The molecule has 0 saturated heterocycles. The molecule has 4 nitrogen and oxygen atoms in total. The summed E-state index contributed by atoms with van der Waals surface area (Å²) in [4.78, 5) is -0.255. The average molecular weight is 378 g/mol. The third-order valence-corrected chi connectivity index (χ3v) is 4.62. The van der Waals surface area contributed by atoms with Gasteiger partial charge in [0.05, 0.1) is 22.2 Å². The molecular weight excluding hydrogens is 368 g/mol. The molecule has 0 spiro atoms. The van der Waals surface area contributed by atoms with E-state index in [1.165, 1.54) is 25.3 Å². The molecule has 8 heteroatoms. The van der Waals surface area contributed by atoms with Gasteiger partial charge in [0.2, 0.25) is 0 Å². The summed E-state index contributed by atoms with van der Waals surface area (Å²) in [6.45, 7) is 0. The Morgan fingerprint density at radius 1 is 1.14 bits per heavy atom. The molecule has 0 aromatic heterocycles. The largest absolute Gasteiger partial charge is 0.494 e. The number of halogens is 3. The molecule has 2 aromatic carbocycles. The maximum absolute atomic E-state index is 13.4. The SMILES string of the molecule is COc1cc(F)ccc1NS(=O)(=O)c1ccc(Br)c(F)c1. The van der Waals surface area contributed by atoms with Crippen LogP contribution in [0.1, 0.15) is 0 Å². The van der Waals surface area contributed by atoms with Crippen molar-refractivity contribution in [2.24, 2.45) is 0 Å². The predicted molar refractivity (Wildman–Crippen MR) is 77.9 cm³/mol. The van der Waals surface area contributed by atoms with Gasteiger partial charge in [-0.1, -0.05) is 0 Å². The van der Waals surface area contributed by atoms with Crippen LogP contribution in [0.2, 0.25) is 0 Å². The number of hydrogen-bond acceptors (Lipinski definition) is 3. The lowest BCUT2D eigenvalue weighted by Gasteiger charge is -2.12. The molecule has 0 unspecified atom stereocenters. The van der Waals surface area contributed by atoms with Crippen LogP contribution in [0.4, 0.5) is 14.5 Å². The molecule has 21 heavy (non-hydrogen) atoms. The Morgan fingerprint density at radius 2 is 1.86 bits per heavy atom. The van der Waals surface area contributed by atoms with Crippen LogP contribution in [-0.4, -0.2) is 15.5 Å². The van der Waals surface area contributed by atoms with Gasteiger partial charge in [-0.15, -0.1) is 0 Å². The second-order valence-corrected chi connectivity index (χ2v) is 6.56. The second kappa shape index (κ2) is 5.98. The zero-order chi connectivity index (χ0) is 15.6. The normalized spacial score (nSPS) is 11.2. The van der Waals surface area contributed by atoms with Crippen LogP contribution in [0.25, 0.3) is 0 Å². The molecule has 0 aliphatic carbocycles. The van der Waals surface area contributed by atoms with Gasteiger partial charge < -0.3 is 4.74 Å². The van der Waals surface area contributed by atoms with Gasteiger partial charge in [0, 0.05) is 6.07 Å². The minimum Gasteiger partial charge on any atom is -0.494 e. The Bertz CT molecular complexity index is 781. The number of ether oxygens (including phenoxy) is 1. The van der Waals surface area contributed by atoms with Crippen LogP contribution < -0.4 is 9.46 Å². The predicted octanol–water partition coefficient (Wildman–Crippen LogP) is 3.54. The molecule has 0 aliphatic heterocycles. The van der Waals surface area contributed by atoms with Crippen molar-refractivity contribution in [3.05, 3.63) is 52.5 Å². The van der Waals surface area contributed by atoms with E-state index in [9.17, 15) is 17.2 Å². The Labute approximate surface area is 128 Å². The van der Waals surface area contributed by atoms with Gasteiger partial charge in [-0.3, -0.25) is 4.72 Å². The minimum atomic E-state index is -4.01. The number of nitrogens with one attached hydrogen (secondary N) is 1. The summed E-state index contributed by atoms with van der Waals surface area (Å²) in [5.74, 6) is -1.25. The Kier molecular flexibility index (Phi) is 4.48. The molecule has 0 heterocycles. The van der Waals surface area contributed by atoms with E-state index in [0.29, 0.717) is 0 Å². The molecule has 0 bridgehead atoms. The van der Waals surface area contributed by atoms with Gasteiger partial charge in [0.1, 0.15) is 17.4 Å². The Balaban J connectivity index is 2.39. The first kappa shape index (κ1) is 15.7. The van der Waals surface area contributed by atoms with E-state index in [1.54, 1.807) is 0 Å². The standard InChI is InChI=1S/C13H10BrF2NO3S/c1-20-13-6-8(15)2-5-12(13)17-21(18,19)9-3-4-10(14)11(16)7-9/h2-7,17H,1H3. The van der Waals surface area contributed by atoms with Crippen molar-refractivity contribution in [3.63, 3.8) is 0 Å². The number of methoxy groups -OCH3 is 1. The number of anilines is 1. The fraction of sp³-hybridized carbons (Fsp3) is 0.0769. The van der Waals surface area contributed by atoms with E-state index in [2.05, 4.69) is 20.7 Å². The molecule has 2 aromatic rings. The molecule has 2 rings (SSSR count). The Hall–Kier alpha value is -1.67. The fourth-order valence-corrected chi connectivity index (χ4v) is 2.93. The average Bonchev–Trinajstić information content (AvgIpc) is 2.43. The quantitative estimate of drug-likeness (QED) is 0.886. The summed E-state index contributed by atoms with van der Waals surface area (Å²) >= 11 is 2.94. The van der Waals surface area contributed by atoms with Crippen LogP contribution in [-0.2, 0) is 10.0 Å². The van der Waals surface area contributed by atoms with Crippen LogP contribution in [0.3, 0.4) is 0 Å². The summed E-state index contributed by atoms with van der Waals surface area (Å²) in [6.07, 6.45) is 0. The Morgan fingerprint density at radius 3 is 2.48 bits per heavy atom.